The van der Waals surface area contributed by atoms with Gasteiger partial charge in [0.15, 0.2) is 39.1 Å². The summed E-state index contributed by atoms with van der Waals surface area (Å²) in [5, 5.41) is 46.0. The van der Waals surface area contributed by atoms with Gasteiger partial charge >= 0.3 is 11.9 Å². The van der Waals surface area contributed by atoms with E-state index in [2.05, 4.69) is 25.4 Å². The second-order valence-corrected chi connectivity index (χ2v) is 12.6. The molecule has 1 saturated heterocycles. The fourth-order valence-corrected chi connectivity index (χ4v) is 7.25. The standard InChI is InChI=1S/C25H24N10O9S3/c26-12-17(27)32-25(33-18(12)28)47-5-8-4-45-21-14(20(39)35(21)15(8)22(40)41)31-19(38)13(9-6-46-24(29)30-9)34-44-16(23(42)43)7-1-2-10(36)11(37)3-7/h1-3,6,14,16,21,36-37H,4-5,26H2,(H2,29,30)(H,31,38)(H,40,41)(H,42,43)(H4,27,28,32,33)/b34-13-/t14?,16?,21-/m1/s1. The number of nitrogens with two attached hydrogens (primary N) is 4. The molecule has 13 N–H and O–H groups in total. The number of benzene rings is 1. The van der Waals surface area contributed by atoms with Gasteiger partial charge in [-0.25, -0.2) is 24.5 Å². The van der Waals surface area contributed by atoms with Crippen molar-refractivity contribution in [2.24, 2.45) is 5.16 Å². The number of amides is 2. The average molecular weight is 705 g/mol. The number of fused-ring (bicyclic) bond motifs is 1. The number of phenolic OH excluding ortho intramolecular Hbond substituents is 2. The molecule has 22 heteroatoms. The zero-order chi connectivity index (χ0) is 34.2. The summed E-state index contributed by atoms with van der Waals surface area (Å²) in [4.78, 5) is 69.2. The minimum Gasteiger partial charge on any atom is -0.504 e. The Bertz CT molecular complexity index is 1840. The maximum atomic E-state index is 13.4. The van der Waals surface area contributed by atoms with Crippen molar-refractivity contribution in [2.45, 2.75) is 22.7 Å². The molecule has 5 rings (SSSR count). The predicted molar refractivity (Wildman–Crippen MR) is 170 cm³/mol. The second-order valence-electron chi connectivity index (χ2n) is 9.68. The fourth-order valence-electron chi connectivity index (χ4n) is 4.36. The Balaban J connectivity index is 1.35. The summed E-state index contributed by atoms with van der Waals surface area (Å²) in [7, 11) is 0. The van der Waals surface area contributed by atoms with E-state index in [1.165, 1.54) is 23.2 Å². The Kier molecular flexibility index (Phi) is 9.17. The van der Waals surface area contributed by atoms with Gasteiger partial charge in [-0.2, -0.15) is 0 Å². The zero-order valence-corrected chi connectivity index (χ0v) is 26.0. The first-order valence-electron chi connectivity index (χ1n) is 13.0. The molecule has 2 aromatic heterocycles. The number of carbonyl (C=O) groups is 4. The molecule has 2 unspecified atom stereocenters. The van der Waals surface area contributed by atoms with E-state index in [1.54, 1.807) is 0 Å². The number of β-lactam (4-membered cyclic amide) rings is 1. The Hall–Kier alpha value is -5.48. The van der Waals surface area contributed by atoms with E-state index >= 15 is 0 Å². The summed E-state index contributed by atoms with van der Waals surface area (Å²) in [6, 6.07) is 1.96. The average Bonchev–Trinajstić information content (AvgIpc) is 3.45. The number of carboxylic acid groups (broad SMARTS) is 2. The number of thioether (sulfide) groups is 2. The number of nitrogen functional groups attached to an aromatic ring is 4. The van der Waals surface area contributed by atoms with E-state index in [0.29, 0.717) is 5.57 Å². The topological polar surface area (TPSA) is 329 Å². The van der Waals surface area contributed by atoms with Crippen LogP contribution in [0.4, 0.5) is 22.5 Å². The highest BCUT2D eigenvalue weighted by atomic mass is 32.2. The van der Waals surface area contributed by atoms with E-state index in [0.717, 1.165) is 40.1 Å². The third kappa shape index (κ3) is 6.59. The number of oxime groups is 1. The van der Waals surface area contributed by atoms with Gasteiger partial charge in [0.1, 0.15) is 28.5 Å². The summed E-state index contributed by atoms with van der Waals surface area (Å²) < 4.78 is 0. The number of aromatic nitrogens is 3. The van der Waals surface area contributed by atoms with Crippen LogP contribution in [0.2, 0.25) is 0 Å². The lowest BCUT2D eigenvalue weighted by molar-refractivity contribution is -0.151. The summed E-state index contributed by atoms with van der Waals surface area (Å²) in [6.45, 7) is 0. The van der Waals surface area contributed by atoms with E-state index in [4.69, 9.17) is 27.8 Å². The minimum absolute atomic E-state index is 0.0208. The van der Waals surface area contributed by atoms with Crippen molar-refractivity contribution < 1.29 is 44.4 Å². The third-order valence-corrected chi connectivity index (χ3v) is 9.60. The highest BCUT2D eigenvalue weighted by molar-refractivity contribution is 8.01. The number of carbonyl (C=O) groups excluding carboxylic acids is 2. The van der Waals surface area contributed by atoms with E-state index < -0.39 is 58.5 Å². The first-order valence-corrected chi connectivity index (χ1v) is 15.9. The van der Waals surface area contributed by atoms with Crippen LogP contribution in [-0.2, 0) is 24.0 Å². The number of phenols is 2. The van der Waals surface area contributed by atoms with Gasteiger partial charge in [0, 0.05) is 22.4 Å². The lowest BCUT2D eigenvalue weighted by Gasteiger charge is -2.49. The molecule has 1 aromatic carbocycles. The maximum Gasteiger partial charge on any atom is 0.352 e. The Labute approximate surface area is 275 Å². The SMILES string of the molecule is Nc1nc(/C(=N/OC(C(=O)O)c2ccc(O)c(O)c2)C(=O)NC2C(=O)N3C(C(=O)O)=C(CSc4nc(N)c(N)c(N)n4)CS[C@H]23)cs1. The van der Waals surface area contributed by atoms with Crippen molar-refractivity contribution in [3.63, 3.8) is 0 Å². The van der Waals surface area contributed by atoms with E-state index in [1.807, 2.05) is 0 Å². The van der Waals surface area contributed by atoms with Gasteiger partial charge in [-0.3, -0.25) is 14.5 Å². The van der Waals surface area contributed by atoms with Crippen LogP contribution in [-0.4, -0.2) is 92.7 Å². The van der Waals surface area contributed by atoms with Crippen LogP contribution >= 0.6 is 34.9 Å². The summed E-state index contributed by atoms with van der Waals surface area (Å²) in [5.41, 5.74) is 22.2. The smallest absolute Gasteiger partial charge is 0.352 e. The molecular weight excluding hydrogens is 681 g/mol. The highest BCUT2D eigenvalue weighted by Crippen LogP contribution is 2.41. The number of hydrogen-bond acceptors (Lipinski definition) is 18. The first kappa shape index (κ1) is 32.9. The third-order valence-electron chi connectivity index (χ3n) is 6.65. The Morgan fingerprint density at radius 1 is 1.11 bits per heavy atom. The molecule has 1 fully saturated rings. The maximum absolute atomic E-state index is 13.4. The monoisotopic (exact) mass is 704 g/mol. The molecular formula is C25H24N10O9S3. The highest BCUT2D eigenvalue weighted by Gasteiger charge is 2.54. The van der Waals surface area contributed by atoms with Crippen LogP contribution in [0, 0.1) is 0 Å². The molecule has 19 nitrogen and oxygen atoms in total. The molecule has 4 heterocycles. The molecule has 3 atom stereocenters. The number of rotatable bonds is 11. The van der Waals surface area contributed by atoms with Crippen molar-refractivity contribution in [3.8, 4) is 11.5 Å². The quantitative estimate of drug-likeness (QED) is 0.0310. The van der Waals surface area contributed by atoms with Crippen molar-refractivity contribution >= 4 is 86.8 Å². The van der Waals surface area contributed by atoms with Crippen molar-refractivity contribution in [1.82, 2.24) is 25.2 Å². The minimum atomic E-state index is -1.83. The van der Waals surface area contributed by atoms with Crippen LogP contribution in [0.5, 0.6) is 11.5 Å². The number of anilines is 4. The molecule has 2 aliphatic rings. The summed E-state index contributed by atoms with van der Waals surface area (Å²) >= 11 is 3.19. The van der Waals surface area contributed by atoms with Gasteiger partial charge in [0.05, 0.1) is 0 Å². The molecule has 0 aliphatic carbocycles. The van der Waals surface area contributed by atoms with Gasteiger partial charge in [0.25, 0.3) is 11.8 Å². The lowest BCUT2D eigenvalue weighted by atomic mass is 10.0. The summed E-state index contributed by atoms with van der Waals surface area (Å²) in [5.74, 6) is -5.57. The van der Waals surface area contributed by atoms with Gasteiger partial charge in [-0.15, -0.1) is 23.1 Å². The number of nitrogens with zero attached hydrogens (tertiary/aromatic N) is 5. The predicted octanol–water partition coefficient (Wildman–Crippen LogP) is -0.249. The molecule has 0 spiro atoms. The largest absolute Gasteiger partial charge is 0.504 e. The molecule has 2 aliphatic heterocycles. The van der Waals surface area contributed by atoms with Gasteiger partial charge < -0.3 is 53.5 Å². The molecule has 246 valence electrons. The number of carboxylic acids is 2. The number of aliphatic carboxylic acids is 2. The Morgan fingerprint density at radius 3 is 2.40 bits per heavy atom. The van der Waals surface area contributed by atoms with E-state index in [9.17, 15) is 39.6 Å². The van der Waals surface area contributed by atoms with Crippen LogP contribution in [0.1, 0.15) is 17.4 Å². The summed E-state index contributed by atoms with van der Waals surface area (Å²) in [6.07, 6.45) is -1.83. The van der Waals surface area contributed by atoms with E-state index in [-0.39, 0.29) is 56.1 Å². The van der Waals surface area contributed by atoms with Crippen LogP contribution in [0.15, 0.2) is 45.2 Å². The molecule has 0 radical (unpaired) electrons. The van der Waals surface area contributed by atoms with Crippen molar-refractivity contribution in [2.75, 3.05) is 34.4 Å². The van der Waals surface area contributed by atoms with Crippen molar-refractivity contribution in [3.05, 3.63) is 46.1 Å². The molecule has 2 amide bonds. The fraction of sp³-hybridized carbons (Fsp3) is 0.200. The van der Waals surface area contributed by atoms with Crippen LogP contribution < -0.4 is 28.3 Å². The van der Waals surface area contributed by atoms with Gasteiger partial charge in [-0.05, 0) is 17.7 Å². The second kappa shape index (κ2) is 13.1. The van der Waals surface area contributed by atoms with Crippen LogP contribution in [0.3, 0.4) is 0 Å². The normalized spacial score (nSPS) is 18.3. The van der Waals surface area contributed by atoms with Gasteiger partial charge in [0.2, 0.25) is 6.10 Å². The number of aromatic hydroxyl groups is 2. The first-order chi connectivity index (χ1) is 22.3. The number of nitrogens with one attached hydrogen (secondary N) is 1. The van der Waals surface area contributed by atoms with Gasteiger partial charge in [-0.1, -0.05) is 23.0 Å². The molecule has 47 heavy (non-hydrogen) atoms. The number of thiazole rings is 1. The van der Waals surface area contributed by atoms with Crippen molar-refractivity contribution in [1.29, 1.82) is 0 Å². The lowest BCUT2D eigenvalue weighted by Crippen LogP contribution is -2.71. The molecule has 0 bridgehead atoms. The molecule has 3 aromatic rings. The van der Waals surface area contributed by atoms with Crippen LogP contribution in [0.25, 0.3) is 0 Å². The zero-order valence-electron chi connectivity index (χ0n) is 23.6. The Morgan fingerprint density at radius 2 is 1.81 bits per heavy atom. The number of hydrogen-bond donors (Lipinski definition) is 9. The molecule has 0 saturated carbocycles.